The Kier molecular flexibility index (Phi) is 5.55. The summed E-state index contributed by atoms with van der Waals surface area (Å²) in [6.07, 6.45) is 1.86. The van der Waals surface area contributed by atoms with Gasteiger partial charge in [0.25, 0.3) is 0 Å². The summed E-state index contributed by atoms with van der Waals surface area (Å²) in [6, 6.07) is 11.4. The molecule has 3 rings (SSSR count). The summed E-state index contributed by atoms with van der Waals surface area (Å²) in [5, 5.41) is 3.11. The van der Waals surface area contributed by atoms with Crippen LogP contribution in [-0.2, 0) is 6.42 Å². The molecule has 0 saturated heterocycles. The molecule has 0 unspecified atom stereocenters. The molecule has 0 spiro atoms. The normalized spacial score (nSPS) is 20.2. The number of nitrogens with zero attached hydrogens (tertiary/aromatic N) is 1. The second-order valence-corrected chi connectivity index (χ2v) is 8.71. The molecule has 1 aliphatic rings. The van der Waals surface area contributed by atoms with Gasteiger partial charge in [0.1, 0.15) is 5.82 Å². The number of hydrogen-bond donors (Lipinski definition) is 3. The summed E-state index contributed by atoms with van der Waals surface area (Å²) in [5.74, 6) is -0.329. The van der Waals surface area contributed by atoms with Crippen LogP contribution >= 0.6 is 22.4 Å². The number of benzene rings is 2. The zero-order chi connectivity index (χ0) is 18.0. The van der Waals surface area contributed by atoms with E-state index in [0.29, 0.717) is 29.2 Å². The third-order valence-electron chi connectivity index (χ3n) is 4.45. The molecular weight excluding hydrogens is 363 g/mol. The second kappa shape index (κ2) is 7.51. The van der Waals surface area contributed by atoms with E-state index in [0.717, 1.165) is 18.5 Å². The zero-order valence-corrected chi connectivity index (χ0v) is 15.5. The van der Waals surface area contributed by atoms with Crippen LogP contribution < -0.4 is 9.62 Å². The van der Waals surface area contributed by atoms with Gasteiger partial charge < -0.3 is 5.32 Å². The maximum absolute atomic E-state index is 13.8. The largest absolute Gasteiger partial charge is 0.320 e. The van der Waals surface area contributed by atoms with E-state index in [1.807, 2.05) is 7.05 Å². The molecule has 2 aromatic rings. The van der Waals surface area contributed by atoms with Gasteiger partial charge in [0.15, 0.2) is 0 Å². The first-order valence-electron chi connectivity index (χ1n) is 8.20. The highest BCUT2D eigenvalue weighted by Gasteiger charge is 2.40. The van der Waals surface area contributed by atoms with Gasteiger partial charge in [-0.3, -0.25) is 9.11 Å². The van der Waals surface area contributed by atoms with E-state index < -0.39 is 10.8 Å². The Bertz CT molecular complexity index is 760. The van der Waals surface area contributed by atoms with E-state index in [9.17, 15) is 13.5 Å². The van der Waals surface area contributed by atoms with E-state index >= 15 is 0 Å². The molecule has 0 bridgehead atoms. The van der Waals surface area contributed by atoms with Crippen molar-refractivity contribution in [3.05, 3.63) is 58.9 Å². The van der Waals surface area contributed by atoms with E-state index in [-0.39, 0.29) is 11.1 Å². The lowest BCUT2D eigenvalue weighted by Crippen LogP contribution is -2.38. The molecule has 136 valence electrons. The number of rotatable bonds is 5. The summed E-state index contributed by atoms with van der Waals surface area (Å²) in [5.41, 5.74) is 1.88. The highest BCUT2D eigenvalue weighted by molar-refractivity contribution is 8.26. The smallest absolute Gasteiger partial charge is 0.123 e. The Balaban J connectivity index is 2.08. The molecule has 0 radical (unpaired) electrons. The van der Waals surface area contributed by atoms with Gasteiger partial charge in [-0.25, -0.2) is 8.70 Å². The number of anilines is 2. The highest BCUT2D eigenvalue weighted by atomic mass is 35.5. The minimum absolute atomic E-state index is 0.329. The topological polar surface area (TPSA) is 55.7 Å². The van der Waals surface area contributed by atoms with Crippen LogP contribution in [-0.4, -0.2) is 27.9 Å². The third-order valence-corrected chi connectivity index (χ3v) is 7.00. The standard InChI is InChI=1S/C18H22ClFN2O2S/c1-21-10-4-5-15-12-13-11-14(20)8-9-17(13)22(25(15,23)24)18-7-3-2-6-16(18)19/h2-3,6-9,11,15,21,23-24H,4-5,10,12H2,1H3/t15-/m1/s1. The van der Waals surface area contributed by atoms with Crippen LogP contribution in [0.2, 0.25) is 5.02 Å². The van der Waals surface area contributed by atoms with Crippen LogP contribution in [0.3, 0.4) is 0 Å². The second-order valence-electron chi connectivity index (χ2n) is 6.15. The van der Waals surface area contributed by atoms with Crippen LogP contribution in [0.4, 0.5) is 15.8 Å². The Labute approximate surface area is 154 Å². The Morgan fingerprint density at radius 3 is 2.72 bits per heavy atom. The van der Waals surface area contributed by atoms with Crippen LogP contribution in [0.5, 0.6) is 0 Å². The lowest BCUT2D eigenvalue weighted by atomic mass is 10.0. The molecule has 0 saturated carbocycles. The Morgan fingerprint density at radius 1 is 1.24 bits per heavy atom. The maximum Gasteiger partial charge on any atom is 0.123 e. The molecule has 1 heterocycles. The van der Waals surface area contributed by atoms with Gasteiger partial charge in [0.05, 0.1) is 21.6 Å². The Hall–Kier alpha value is -1.31. The van der Waals surface area contributed by atoms with Crippen LogP contribution in [0.15, 0.2) is 42.5 Å². The first-order chi connectivity index (χ1) is 11.9. The molecule has 4 nitrogen and oxygen atoms in total. The number of halogens is 2. The number of para-hydroxylation sites is 1. The quantitative estimate of drug-likeness (QED) is 0.619. The molecule has 0 aliphatic carbocycles. The van der Waals surface area contributed by atoms with Crippen molar-refractivity contribution in [3.63, 3.8) is 0 Å². The Morgan fingerprint density at radius 2 is 2.00 bits per heavy atom. The van der Waals surface area contributed by atoms with Crippen molar-refractivity contribution < 1.29 is 13.5 Å². The van der Waals surface area contributed by atoms with Gasteiger partial charge in [-0.15, -0.1) is 10.8 Å². The van der Waals surface area contributed by atoms with Crippen LogP contribution in [0.25, 0.3) is 0 Å². The number of nitrogens with one attached hydrogen (secondary N) is 1. The van der Waals surface area contributed by atoms with Crippen molar-refractivity contribution in [1.82, 2.24) is 5.32 Å². The average Bonchev–Trinajstić information content (AvgIpc) is 2.57. The maximum atomic E-state index is 13.8. The van der Waals surface area contributed by atoms with Gasteiger partial charge in [0.2, 0.25) is 0 Å². The van der Waals surface area contributed by atoms with E-state index in [1.165, 1.54) is 16.4 Å². The number of fused-ring (bicyclic) bond motifs is 1. The van der Waals surface area contributed by atoms with E-state index in [4.69, 9.17) is 11.6 Å². The van der Waals surface area contributed by atoms with Crippen molar-refractivity contribution in [1.29, 1.82) is 0 Å². The molecule has 3 N–H and O–H groups in total. The molecule has 1 aliphatic heterocycles. The van der Waals surface area contributed by atoms with Gasteiger partial charge in [-0.05, 0) is 68.8 Å². The predicted octanol–water partition coefficient (Wildman–Crippen LogP) is 5.21. The van der Waals surface area contributed by atoms with Gasteiger partial charge in [0, 0.05) is 0 Å². The van der Waals surface area contributed by atoms with Crippen LogP contribution in [0.1, 0.15) is 18.4 Å². The molecule has 7 heteroatoms. The molecule has 2 aromatic carbocycles. The monoisotopic (exact) mass is 384 g/mol. The van der Waals surface area contributed by atoms with Crippen molar-refractivity contribution in [2.45, 2.75) is 24.5 Å². The zero-order valence-electron chi connectivity index (χ0n) is 14.0. The summed E-state index contributed by atoms with van der Waals surface area (Å²) in [4.78, 5) is 0. The summed E-state index contributed by atoms with van der Waals surface area (Å²) in [7, 11) is -1.29. The summed E-state index contributed by atoms with van der Waals surface area (Å²) in [6.45, 7) is 0.786. The van der Waals surface area contributed by atoms with Crippen molar-refractivity contribution >= 4 is 33.8 Å². The van der Waals surface area contributed by atoms with Crippen molar-refractivity contribution in [3.8, 4) is 0 Å². The van der Waals surface area contributed by atoms with Gasteiger partial charge in [-0.1, -0.05) is 23.7 Å². The van der Waals surface area contributed by atoms with Crippen LogP contribution in [0, 0.1) is 5.82 Å². The molecule has 25 heavy (non-hydrogen) atoms. The molecule has 0 fully saturated rings. The minimum Gasteiger partial charge on any atom is -0.320 e. The lowest BCUT2D eigenvalue weighted by molar-refractivity contribution is 0.454. The fourth-order valence-electron chi connectivity index (χ4n) is 3.22. The molecule has 0 amide bonds. The first kappa shape index (κ1) is 18.5. The molecular formula is C18H22ClFN2O2S. The highest BCUT2D eigenvalue weighted by Crippen LogP contribution is 2.61. The molecule has 0 aromatic heterocycles. The lowest BCUT2D eigenvalue weighted by Gasteiger charge is -2.53. The third kappa shape index (κ3) is 3.64. The molecule has 1 atom stereocenters. The fraction of sp³-hybridized carbons (Fsp3) is 0.333. The fourth-order valence-corrected chi connectivity index (χ4v) is 5.60. The minimum atomic E-state index is -3.15. The average molecular weight is 385 g/mol. The summed E-state index contributed by atoms with van der Waals surface area (Å²) < 4.78 is 37.4. The summed E-state index contributed by atoms with van der Waals surface area (Å²) >= 11 is 6.32. The van der Waals surface area contributed by atoms with E-state index in [2.05, 4.69) is 5.32 Å². The SMILES string of the molecule is CNCCC[C@@H]1Cc2cc(F)ccc2N(c2ccccc2Cl)S1(O)O. The van der Waals surface area contributed by atoms with E-state index in [1.54, 1.807) is 30.3 Å². The van der Waals surface area contributed by atoms with Gasteiger partial charge in [-0.2, -0.15) is 0 Å². The van der Waals surface area contributed by atoms with Gasteiger partial charge >= 0.3 is 0 Å². The van der Waals surface area contributed by atoms with Crippen molar-refractivity contribution in [2.24, 2.45) is 0 Å². The van der Waals surface area contributed by atoms with Crippen molar-refractivity contribution in [2.75, 3.05) is 17.9 Å². The first-order valence-corrected chi connectivity index (χ1v) is 10.1. The predicted molar refractivity (Wildman–Crippen MR) is 103 cm³/mol. The number of hydrogen-bond acceptors (Lipinski definition) is 4.